The number of piperazine rings is 1. The highest BCUT2D eigenvalue weighted by atomic mass is 16.5. The van der Waals surface area contributed by atoms with Crippen LogP contribution in [-0.2, 0) is 6.42 Å². The van der Waals surface area contributed by atoms with E-state index >= 15 is 0 Å². The van der Waals surface area contributed by atoms with Crippen molar-refractivity contribution in [1.29, 1.82) is 0 Å². The molecule has 6 heteroatoms. The molecule has 1 atom stereocenters. The number of anilines is 1. The number of nitrogens with zero attached hydrogens (tertiary/aromatic N) is 4. The molecule has 0 spiro atoms. The SMILES string of the molecule is CC(c1ccc2c(c1)OCC2)N1CCN(c2ccc(C(=O)N(C)C)cn2)CC1. The number of pyridine rings is 1. The van der Waals surface area contributed by atoms with Crippen LogP contribution in [0.3, 0.4) is 0 Å². The first kappa shape index (κ1) is 18.7. The number of carbonyl (C=O) groups excluding carboxylic acids is 1. The van der Waals surface area contributed by atoms with Gasteiger partial charge in [-0.05, 0) is 36.2 Å². The van der Waals surface area contributed by atoms with Crippen LogP contribution in [0.4, 0.5) is 5.82 Å². The zero-order valence-corrected chi connectivity index (χ0v) is 16.9. The Morgan fingerprint density at radius 3 is 2.61 bits per heavy atom. The van der Waals surface area contributed by atoms with Crippen molar-refractivity contribution in [2.45, 2.75) is 19.4 Å². The Bertz CT molecular complexity index is 842. The summed E-state index contributed by atoms with van der Waals surface area (Å²) in [5, 5.41) is 0. The molecule has 3 heterocycles. The minimum absolute atomic E-state index is 0.0176. The molecule has 2 aliphatic rings. The van der Waals surface area contributed by atoms with Crippen LogP contribution in [0, 0.1) is 0 Å². The monoisotopic (exact) mass is 380 g/mol. The lowest BCUT2D eigenvalue weighted by molar-refractivity contribution is 0.0827. The van der Waals surface area contributed by atoms with Gasteiger partial charge in [0.25, 0.3) is 5.91 Å². The fourth-order valence-electron chi connectivity index (χ4n) is 3.95. The Morgan fingerprint density at radius 1 is 1.14 bits per heavy atom. The van der Waals surface area contributed by atoms with Crippen molar-refractivity contribution in [3.63, 3.8) is 0 Å². The van der Waals surface area contributed by atoms with E-state index in [1.165, 1.54) is 11.1 Å². The molecule has 148 valence electrons. The molecule has 1 fully saturated rings. The number of benzene rings is 1. The first-order valence-corrected chi connectivity index (χ1v) is 9.95. The summed E-state index contributed by atoms with van der Waals surface area (Å²) in [5.41, 5.74) is 3.27. The number of carbonyl (C=O) groups is 1. The van der Waals surface area contributed by atoms with Gasteiger partial charge in [-0.2, -0.15) is 0 Å². The Hall–Kier alpha value is -2.60. The first-order valence-electron chi connectivity index (χ1n) is 9.95. The van der Waals surface area contributed by atoms with Crippen LogP contribution in [0.2, 0.25) is 0 Å². The number of ether oxygens (including phenoxy) is 1. The Kier molecular flexibility index (Phi) is 5.22. The second kappa shape index (κ2) is 7.80. The maximum atomic E-state index is 12.0. The van der Waals surface area contributed by atoms with Gasteiger partial charge >= 0.3 is 0 Å². The normalized spacial score (nSPS) is 17.8. The van der Waals surface area contributed by atoms with Crippen molar-refractivity contribution in [3.8, 4) is 5.75 Å². The van der Waals surface area contributed by atoms with Gasteiger partial charge in [-0.1, -0.05) is 12.1 Å². The van der Waals surface area contributed by atoms with E-state index in [-0.39, 0.29) is 5.91 Å². The van der Waals surface area contributed by atoms with Crippen molar-refractivity contribution in [3.05, 3.63) is 53.2 Å². The molecule has 2 aromatic rings. The van der Waals surface area contributed by atoms with Crippen molar-refractivity contribution in [2.24, 2.45) is 0 Å². The van der Waals surface area contributed by atoms with Gasteiger partial charge < -0.3 is 14.5 Å². The number of hydrogen-bond donors (Lipinski definition) is 0. The number of hydrogen-bond acceptors (Lipinski definition) is 5. The zero-order valence-electron chi connectivity index (χ0n) is 16.9. The van der Waals surface area contributed by atoms with Gasteiger partial charge in [0, 0.05) is 58.9 Å². The molecule has 1 saturated heterocycles. The molecule has 2 aliphatic heterocycles. The third-order valence-electron chi connectivity index (χ3n) is 5.79. The number of amides is 1. The summed E-state index contributed by atoms with van der Waals surface area (Å²) in [5.74, 6) is 1.98. The van der Waals surface area contributed by atoms with Crippen molar-refractivity contribution < 1.29 is 9.53 Å². The molecule has 28 heavy (non-hydrogen) atoms. The molecule has 4 rings (SSSR count). The molecule has 1 amide bonds. The predicted molar refractivity (Wildman–Crippen MR) is 110 cm³/mol. The average molecular weight is 380 g/mol. The van der Waals surface area contributed by atoms with Crippen LogP contribution in [0.5, 0.6) is 5.75 Å². The summed E-state index contributed by atoms with van der Waals surface area (Å²) in [6, 6.07) is 10.8. The van der Waals surface area contributed by atoms with E-state index in [1.54, 1.807) is 25.2 Å². The van der Waals surface area contributed by atoms with Gasteiger partial charge in [-0.15, -0.1) is 0 Å². The Morgan fingerprint density at radius 2 is 1.93 bits per heavy atom. The largest absolute Gasteiger partial charge is 0.493 e. The fraction of sp³-hybridized carbons (Fsp3) is 0.455. The van der Waals surface area contributed by atoms with Crippen LogP contribution in [0.1, 0.15) is 34.5 Å². The molecule has 0 saturated carbocycles. The minimum Gasteiger partial charge on any atom is -0.493 e. The second-order valence-corrected chi connectivity index (χ2v) is 7.77. The maximum Gasteiger partial charge on any atom is 0.254 e. The minimum atomic E-state index is -0.0176. The lowest BCUT2D eigenvalue weighted by Gasteiger charge is -2.38. The van der Waals surface area contributed by atoms with E-state index in [0.717, 1.165) is 50.8 Å². The lowest BCUT2D eigenvalue weighted by atomic mass is 10.0. The zero-order chi connectivity index (χ0) is 19.7. The third kappa shape index (κ3) is 3.69. The quantitative estimate of drug-likeness (QED) is 0.816. The second-order valence-electron chi connectivity index (χ2n) is 7.77. The summed E-state index contributed by atoms with van der Waals surface area (Å²) >= 11 is 0. The summed E-state index contributed by atoms with van der Waals surface area (Å²) in [4.78, 5) is 22.9. The van der Waals surface area contributed by atoms with Crippen LogP contribution < -0.4 is 9.64 Å². The van der Waals surface area contributed by atoms with Crippen LogP contribution >= 0.6 is 0 Å². The number of rotatable bonds is 4. The lowest BCUT2D eigenvalue weighted by Crippen LogP contribution is -2.47. The molecule has 1 unspecified atom stereocenters. The van der Waals surface area contributed by atoms with Crippen LogP contribution in [-0.4, -0.2) is 67.6 Å². The van der Waals surface area contributed by atoms with Gasteiger partial charge in [0.2, 0.25) is 0 Å². The van der Waals surface area contributed by atoms with Crippen molar-refractivity contribution >= 4 is 11.7 Å². The molecule has 0 bridgehead atoms. The molecule has 0 aliphatic carbocycles. The standard InChI is InChI=1S/C22H28N4O2/c1-16(18-5-4-17-8-13-28-20(17)14-18)25-9-11-26(12-10-25)21-7-6-19(15-23-21)22(27)24(2)3/h4-7,14-16H,8-13H2,1-3H3. The molecule has 6 nitrogen and oxygen atoms in total. The van der Waals surface area contributed by atoms with Crippen molar-refractivity contribution in [2.75, 3.05) is 51.8 Å². The summed E-state index contributed by atoms with van der Waals surface area (Å²) < 4.78 is 5.73. The summed E-state index contributed by atoms with van der Waals surface area (Å²) in [6.45, 7) is 6.90. The van der Waals surface area contributed by atoms with Gasteiger partial charge in [0.05, 0.1) is 12.2 Å². The molecular weight excluding hydrogens is 352 g/mol. The van der Waals surface area contributed by atoms with E-state index in [2.05, 4.69) is 39.9 Å². The highest BCUT2D eigenvalue weighted by Crippen LogP contribution is 2.31. The van der Waals surface area contributed by atoms with E-state index in [4.69, 9.17) is 4.74 Å². The van der Waals surface area contributed by atoms with Gasteiger partial charge in [0.1, 0.15) is 11.6 Å². The van der Waals surface area contributed by atoms with E-state index < -0.39 is 0 Å². The Balaban J connectivity index is 1.37. The van der Waals surface area contributed by atoms with E-state index in [0.29, 0.717) is 11.6 Å². The van der Waals surface area contributed by atoms with Gasteiger partial charge in [0.15, 0.2) is 0 Å². The van der Waals surface area contributed by atoms with Crippen LogP contribution in [0.25, 0.3) is 0 Å². The Labute approximate surface area is 166 Å². The molecule has 1 aromatic carbocycles. The summed E-state index contributed by atoms with van der Waals surface area (Å²) in [7, 11) is 3.51. The molecule has 0 radical (unpaired) electrons. The van der Waals surface area contributed by atoms with Crippen LogP contribution in [0.15, 0.2) is 36.5 Å². The maximum absolute atomic E-state index is 12.0. The molecule has 0 N–H and O–H groups in total. The smallest absolute Gasteiger partial charge is 0.254 e. The van der Waals surface area contributed by atoms with E-state index in [1.807, 2.05) is 12.1 Å². The molecular formula is C22H28N4O2. The molecule has 1 aromatic heterocycles. The first-order chi connectivity index (χ1) is 13.5. The van der Waals surface area contributed by atoms with E-state index in [9.17, 15) is 4.79 Å². The van der Waals surface area contributed by atoms with Crippen molar-refractivity contribution in [1.82, 2.24) is 14.8 Å². The summed E-state index contributed by atoms with van der Waals surface area (Å²) in [6.07, 6.45) is 2.70. The topological polar surface area (TPSA) is 48.9 Å². The average Bonchev–Trinajstić information content (AvgIpc) is 3.21. The highest BCUT2D eigenvalue weighted by molar-refractivity contribution is 5.93. The fourth-order valence-corrected chi connectivity index (χ4v) is 3.95. The predicted octanol–water partition coefficient (Wildman–Crippen LogP) is 2.60. The van der Waals surface area contributed by atoms with Gasteiger partial charge in [-0.3, -0.25) is 9.69 Å². The number of aromatic nitrogens is 1. The number of fused-ring (bicyclic) bond motifs is 1. The van der Waals surface area contributed by atoms with Gasteiger partial charge in [-0.25, -0.2) is 4.98 Å². The third-order valence-corrected chi connectivity index (χ3v) is 5.79. The highest BCUT2D eigenvalue weighted by Gasteiger charge is 2.24.